The first-order valence-electron chi connectivity index (χ1n) is 9.78. The number of carbonyl (C=O) groups is 1. The van der Waals surface area contributed by atoms with Crippen LogP contribution in [0.4, 0.5) is 11.4 Å². The van der Waals surface area contributed by atoms with E-state index in [0.29, 0.717) is 11.1 Å². The molecule has 0 aliphatic rings. The fourth-order valence-electron chi connectivity index (χ4n) is 2.84. The molecule has 0 saturated carbocycles. The fourth-order valence-corrected chi connectivity index (χ4v) is 4.44. The van der Waals surface area contributed by atoms with E-state index in [0.717, 1.165) is 12.1 Å². The number of nitrogens with zero attached hydrogens (tertiary/aromatic N) is 1. The van der Waals surface area contributed by atoms with Gasteiger partial charge < -0.3 is 4.74 Å². The summed E-state index contributed by atoms with van der Waals surface area (Å²) in [6.45, 7) is -0.152. The zero-order valence-electron chi connectivity index (χ0n) is 17.9. The third kappa shape index (κ3) is 7.20. The number of ether oxygens (including phenoxy) is 1. The zero-order chi connectivity index (χ0) is 25.6. The molecule has 0 bridgehead atoms. The molecule has 3 aromatic carbocycles. The Morgan fingerprint density at radius 1 is 0.971 bits per heavy atom. The normalized spacial score (nSPS) is 11.8. The summed E-state index contributed by atoms with van der Waals surface area (Å²) in [7, 11) is -8.02. The highest BCUT2D eigenvalue weighted by Crippen LogP contribution is 2.20. The Morgan fingerprint density at radius 2 is 1.66 bits per heavy atom. The second kappa shape index (κ2) is 10.5. The van der Waals surface area contributed by atoms with Crippen molar-refractivity contribution in [3.63, 3.8) is 0 Å². The molecule has 182 valence electrons. The van der Waals surface area contributed by atoms with E-state index in [9.17, 15) is 31.7 Å². The molecule has 0 saturated heterocycles. The average Bonchev–Trinajstić information content (AvgIpc) is 2.81. The van der Waals surface area contributed by atoms with E-state index in [1.165, 1.54) is 66.7 Å². The monoisotopic (exact) mass is 517 g/mol. The van der Waals surface area contributed by atoms with E-state index in [1.807, 2.05) is 0 Å². The van der Waals surface area contributed by atoms with Crippen LogP contribution < -0.4 is 9.86 Å². The van der Waals surface area contributed by atoms with Gasteiger partial charge in [0, 0.05) is 18.2 Å². The third-order valence-electron chi connectivity index (χ3n) is 4.52. The molecule has 0 aromatic heterocycles. The number of nitro groups is 1. The summed E-state index contributed by atoms with van der Waals surface area (Å²) < 4.78 is 55.4. The van der Waals surface area contributed by atoms with Crippen molar-refractivity contribution in [1.29, 1.82) is 0 Å². The highest BCUT2D eigenvalue weighted by molar-refractivity contribution is 7.92. The average molecular weight is 518 g/mol. The smallest absolute Gasteiger partial charge is 0.331 e. The minimum Gasteiger partial charge on any atom is -0.458 e. The molecule has 0 radical (unpaired) electrons. The van der Waals surface area contributed by atoms with E-state index >= 15 is 0 Å². The number of nitrogens with one attached hydrogen (secondary N) is 1. The third-order valence-corrected chi connectivity index (χ3v) is 6.83. The van der Waals surface area contributed by atoms with Crippen LogP contribution in [0.25, 0.3) is 6.08 Å². The van der Waals surface area contributed by atoms with E-state index in [1.54, 1.807) is 6.07 Å². The van der Waals surface area contributed by atoms with E-state index in [4.69, 9.17) is 9.88 Å². The number of hydrogen-bond donors (Lipinski definition) is 2. The van der Waals surface area contributed by atoms with Crippen LogP contribution in [0.5, 0.6) is 0 Å². The molecule has 0 fully saturated rings. The van der Waals surface area contributed by atoms with E-state index < -0.39 is 30.9 Å². The molecule has 3 rings (SSSR count). The van der Waals surface area contributed by atoms with Crippen molar-refractivity contribution in [2.45, 2.75) is 16.4 Å². The molecule has 0 spiro atoms. The number of sulfonamides is 2. The van der Waals surface area contributed by atoms with Crippen LogP contribution in [0.3, 0.4) is 0 Å². The maximum Gasteiger partial charge on any atom is 0.331 e. The molecule has 0 atom stereocenters. The summed E-state index contributed by atoms with van der Waals surface area (Å²) in [4.78, 5) is 21.8. The second-order valence-corrected chi connectivity index (χ2v) is 10.4. The largest absolute Gasteiger partial charge is 0.458 e. The number of benzene rings is 3. The van der Waals surface area contributed by atoms with Gasteiger partial charge in [0.05, 0.1) is 20.4 Å². The van der Waals surface area contributed by atoms with Gasteiger partial charge in [-0.15, -0.1) is 0 Å². The maximum absolute atomic E-state index is 12.6. The predicted octanol–water partition coefficient (Wildman–Crippen LogP) is 2.80. The Labute approximate surface area is 201 Å². The van der Waals surface area contributed by atoms with Gasteiger partial charge in [-0.1, -0.05) is 30.3 Å². The van der Waals surface area contributed by atoms with Gasteiger partial charge in [0.15, 0.2) is 0 Å². The topological polar surface area (TPSA) is 176 Å². The second-order valence-electron chi connectivity index (χ2n) is 7.12. The SMILES string of the molecule is NS(=O)(=O)c1cccc(NS(=O)(=O)c2ccc(C=CC(=O)OCc3cccc([N+](=O)[O-])c3)cc2)c1. The fraction of sp³-hybridized carbons (Fsp3) is 0.0455. The summed E-state index contributed by atoms with van der Waals surface area (Å²) in [5.74, 6) is -0.690. The van der Waals surface area contributed by atoms with Crippen molar-refractivity contribution in [3.05, 3.63) is 100 Å². The summed E-state index contributed by atoms with van der Waals surface area (Å²) >= 11 is 0. The lowest BCUT2D eigenvalue weighted by Gasteiger charge is -2.09. The first-order chi connectivity index (χ1) is 16.4. The molecule has 35 heavy (non-hydrogen) atoms. The van der Waals surface area contributed by atoms with Crippen molar-refractivity contribution in [1.82, 2.24) is 0 Å². The molecule has 13 heteroatoms. The summed E-state index contributed by atoms with van der Waals surface area (Å²) in [5, 5.41) is 15.9. The first-order valence-corrected chi connectivity index (χ1v) is 12.8. The Morgan fingerprint density at radius 3 is 2.31 bits per heavy atom. The number of anilines is 1. The lowest BCUT2D eigenvalue weighted by molar-refractivity contribution is -0.384. The Balaban J connectivity index is 1.62. The van der Waals surface area contributed by atoms with Gasteiger partial charge in [-0.3, -0.25) is 14.8 Å². The molecule has 0 heterocycles. The number of non-ortho nitro benzene ring substituents is 1. The lowest BCUT2D eigenvalue weighted by Crippen LogP contribution is -2.15. The number of hydrogen-bond acceptors (Lipinski definition) is 8. The number of nitrogens with two attached hydrogens (primary N) is 1. The van der Waals surface area contributed by atoms with Crippen LogP contribution in [-0.4, -0.2) is 27.7 Å². The van der Waals surface area contributed by atoms with Crippen LogP contribution in [0.2, 0.25) is 0 Å². The van der Waals surface area contributed by atoms with Gasteiger partial charge in [0.1, 0.15) is 6.61 Å². The van der Waals surface area contributed by atoms with Gasteiger partial charge >= 0.3 is 5.97 Å². The number of esters is 1. The van der Waals surface area contributed by atoms with Gasteiger partial charge in [-0.25, -0.2) is 26.8 Å². The lowest BCUT2D eigenvalue weighted by atomic mass is 10.2. The minimum atomic E-state index is -4.02. The maximum atomic E-state index is 12.6. The molecular formula is C22H19N3O8S2. The van der Waals surface area contributed by atoms with E-state index in [2.05, 4.69) is 4.72 Å². The van der Waals surface area contributed by atoms with Crippen molar-refractivity contribution < 1.29 is 31.3 Å². The first kappa shape index (κ1) is 25.6. The molecule has 0 aliphatic carbocycles. The Hall–Kier alpha value is -4.07. The van der Waals surface area contributed by atoms with Gasteiger partial charge in [0.25, 0.3) is 15.7 Å². The van der Waals surface area contributed by atoms with Crippen LogP contribution in [0.15, 0.2) is 88.7 Å². The molecular weight excluding hydrogens is 498 g/mol. The predicted molar refractivity (Wildman–Crippen MR) is 127 cm³/mol. The number of primary sulfonamides is 1. The van der Waals surface area contributed by atoms with Gasteiger partial charge in [-0.2, -0.15) is 0 Å². The number of nitro benzene ring substituents is 1. The summed E-state index contributed by atoms with van der Waals surface area (Å²) in [6, 6.07) is 16.3. The molecule has 3 N–H and O–H groups in total. The quantitative estimate of drug-likeness (QED) is 0.188. The van der Waals surface area contributed by atoms with Crippen LogP contribution in [-0.2, 0) is 36.2 Å². The summed E-state index contributed by atoms with van der Waals surface area (Å²) in [5.41, 5.74) is 0.868. The molecule has 0 amide bonds. The van der Waals surface area contributed by atoms with Crippen LogP contribution in [0, 0.1) is 10.1 Å². The highest BCUT2D eigenvalue weighted by Gasteiger charge is 2.16. The van der Waals surface area contributed by atoms with Crippen LogP contribution in [0.1, 0.15) is 11.1 Å². The van der Waals surface area contributed by atoms with Crippen molar-refractivity contribution in [3.8, 4) is 0 Å². The molecule has 0 aliphatic heterocycles. The minimum absolute atomic E-state index is 0.0204. The Kier molecular flexibility index (Phi) is 7.64. The Bertz CT molecular complexity index is 1500. The summed E-state index contributed by atoms with van der Waals surface area (Å²) in [6.07, 6.45) is 2.55. The van der Waals surface area contributed by atoms with E-state index in [-0.39, 0.29) is 27.8 Å². The number of carbonyl (C=O) groups excluding carboxylic acids is 1. The van der Waals surface area contributed by atoms with Crippen molar-refractivity contribution in [2.75, 3.05) is 4.72 Å². The highest BCUT2D eigenvalue weighted by atomic mass is 32.2. The van der Waals surface area contributed by atoms with Crippen molar-refractivity contribution in [2.24, 2.45) is 5.14 Å². The van der Waals surface area contributed by atoms with Gasteiger partial charge in [-0.05, 0) is 47.5 Å². The number of rotatable bonds is 9. The molecule has 11 nitrogen and oxygen atoms in total. The zero-order valence-corrected chi connectivity index (χ0v) is 19.5. The standard InChI is InChI=1S/C22H19N3O8S2/c23-34(29,30)21-6-2-4-18(14-21)24-35(31,32)20-10-7-16(8-11-20)9-12-22(26)33-15-17-3-1-5-19(13-17)25(27)28/h1-14,24H,15H2,(H2,23,29,30). The molecule has 3 aromatic rings. The van der Waals surface area contributed by atoms with Crippen LogP contribution >= 0.6 is 0 Å². The van der Waals surface area contributed by atoms with Gasteiger partial charge in [0.2, 0.25) is 10.0 Å². The molecule has 0 unspecified atom stereocenters. The van der Waals surface area contributed by atoms with Crippen molar-refractivity contribution >= 4 is 43.5 Å².